The van der Waals surface area contributed by atoms with Crippen molar-refractivity contribution in [3.63, 3.8) is 0 Å². The van der Waals surface area contributed by atoms with Gasteiger partial charge in [-0.2, -0.15) is 0 Å². The third kappa shape index (κ3) is 5.60. The highest BCUT2D eigenvalue weighted by Gasteiger charge is 2.21. The number of esters is 1. The summed E-state index contributed by atoms with van der Waals surface area (Å²) in [5.74, 6) is 0.276. The van der Waals surface area contributed by atoms with E-state index in [2.05, 4.69) is 34.6 Å². The number of hydrogen-bond acceptors (Lipinski definition) is 5. The minimum atomic E-state index is -0.390. The Balaban J connectivity index is 1.36. The zero-order valence-electron chi connectivity index (χ0n) is 17.7. The van der Waals surface area contributed by atoms with Gasteiger partial charge in [0.25, 0.3) is 0 Å². The molecule has 0 radical (unpaired) electrons. The van der Waals surface area contributed by atoms with Crippen LogP contribution in [0.4, 0.5) is 0 Å². The van der Waals surface area contributed by atoms with E-state index < -0.39 is 0 Å². The van der Waals surface area contributed by atoms with Gasteiger partial charge in [0, 0.05) is 13.0 Å². The molecule has 4 aromatic rings. The lowest BCUT2D eigenvalue weighted by molar-refractivity contribution is -0.146. The molecule has 0 fully saturated rings. The number of aromatic nitrogens is 3. The van der Waals surface area contributed by atoms with E-state index in [0.717, 1.165) is 5.69 Å². The van der Waals surface area contributed by atoms with Crippen LogP contribution in [0.2, 0.25) is 0 Å². The van der Waals surface area contributed by atoms with E-state index in [4.69, 9.17) is 9.47 Å². The quantitative estimate of drug-likeness (QED) is 0.276. The lowest BCUT2D eigenvalue weighted by atomic mass is 9.89. The predicted octanol–water partition coefficient (Wildman–Crippen LogP) is 4.47. The van der Waals surface area contributed by atoms with Crippen LogP contribution >= 0.6 is 0 Å². The molecule has 3 aromatic carbocycles. The molecule has 0 amide bonds. The van der Waals surface area contributed by atoms with Crippen molar-refractivity contribution in [2.45, 2.75) is 18.9 Å². The lowest BCUT2D eigenvalue weighted by Crippen LogP contribution is -2.17. The van der Waals surface area contributed by atoms with Gasteiger partial charge in [0.05, 0.1) is 24.4 Å². The predicted molar refractivity (Wildman–Crippen MR) is 121 cm³/mol. The van der Waals surface area contributed by atoms with Crippen LogP contribution in [0.3, 0.4) is 0 Å². The monoisotopic (exact) mass is 427 g/mol. The van der Waals surface area contributed by atoms with Crippen LogP contribution in [-0.4, -0.2) is 34.2 Å². The molecule has 0 N–H and O–H groups in total. The Morgan fingerprint density at radius 2 is 1.44 bits per heavy atom. The van der Waals surface area contributed by atoms with Crippen molar-refractivity contribution < 1.29 is 14.3 Å². The maximum Gasteiger partial charge on any atom is 0.344 e. The molecule has 0 bridgehead atoms. The SMILES string of the molecule is O=C(COc1ccccc1)OCCCn1nncc1C(c1ccccc1)c1ccccc1. The molecule has 0 aliphatic rings. The molecule has 0 unspecified atom stereocenters. The number of aryl methyl sites for hydroxylation is 1. The summed E-state index contributed by atoms with van der Waals surface area (Å²) in [5, 5.41) is 8.44. The Kier molecular flexibility index (Phi) is 7.26. The molecule has 0 aliphatic heterocycles. The second kappa shape index (κ2) is 10.9. The molecule has 0 aliphatic carbocycles. The lowest BCUT2D eigenvalue weighted by Gasteiger charge is -2.19. The Morgan fingerprint density at radius 3 is 2.06 bits per heavy atom. The molecular weight excluding hydrogens is 402 g/mol. The van der Waals surface area contributed by atoms with Gasteiger partial charge in [0.1, 0.15) is 5.75 Å². The molecule has 4 rings (SSSR count). The van der Waals surface area contributed by atoms with E-state index in [-0.39, 0.29) is 25.1 Å². The summed E-state index contributed by atoms with van der Waals surface area (Å²) in [7, 11) is 0. The van der Waals surface area contributed by atoms with Gasteiger partial charge in [0.15, 0.2) is 6.61 Å². The minimum absolute atomic E-state index is 0.0224. The van der Waals surface area contributed by atoms with Crippen LogP contribution in [0.5, 0.6) is 5.75 Å². The molecular formula is C26H25N3O3. The first-order valence-electron chi connectivity index (χ1n) is 10.6. The molecule has 0 spiro atoms. The Labute approximate surface area is 187 Å². The standard InChI is InChI=1S/C26H25N3O3/c30-25(20-32-23-15-8-3-9-16-23)31-18-10-17-29-24(19-27-28-29)26(21-11-4-1-5-12-21)22-13-6-2-7-14-22/h1-9,11-16,19,26H,10,17-18,20H2. The number of carbonyl (C=O) groups excluding carboxylic acids is 1. The van der Waals surface area contributed by atoms with Gasteiger partial charge in [-0.05, 0) is 23.3 Å². The largest absolute Gasteiger partial charge is 0.482 e. The number of ether oxygens (including phenoxy) is 2. The number of para-hydroxylation sites is 1. The highest BCUT2D eigenvalue weighted by molar-refractivity contribution is 5.71. The highest BCUT2D eigenvalue weighted by Crippen LogP contribution is 2.31. The Morgan fingerprint density at radius 1 is 0.844 bits per heavy atom. The van der Waals surface area contributed by atoms with Crippen LogP contribution in [0.15, 0.2) is 97.2 Å². The van der Waals surface area contributed by atoms with Crippen molar-refractivity contribution >= 4 is 5.97 Å². The van der Waals surface area contributed by atoms with Crippen LogP contribution < -0.4 is 4.74 Å². The normalized spacial score (nSPS) is 10.8. The molecule has 162 valence electrons. The van der Waals surface area contributed by atoms with Crippen molar-refractivity contribution in [2.75, 3.05) is 13.2 Å². The zero-order chi connectivity index (χ0) is 22.0. The third-order valence-corrected chi connectivity index (χ3v) is 5.09. The first kappa shape index (κ1) is 21.3. The van der Waals surface area contributed by atoms with Crippen molar-refractivity contribution in [3.05, 3.63) is 114 Å². The fourth-order valence-electron chi connectivity index (χ4n) is 3.59. The molecule has 1 aromatic heterocycles. The first-order chi connectivity index (χ1) is 15.8. The minimum Gasteiger partial charge on any atom is -0.482 e. The Bertz CT molecular complexity index is 1060. The van der Waals surface area contributed by atoms with Crippen LogP contribution in [0.1, 0.15) is 29.2 Å². The third-order valence-electron chi connectivity index (χ3n) is 5.09. The van der Waals surface area contributed by atoms with E-state index >= 15 is 0 Å². The summed E-state index contributed by atoms with van der Waals surface area (Å²) in [4.78, 5) is 11.9. The second-order valence-electron chi connectivity index (χ2n) is 7.31. The number of benzene rings is 3. The topological polar surface area (TPSA) is 66.2 Å². The van der Waals surface area contributed by atoms with Gasteiger partial charge in [-0.1, -0.05) is 84.1 Å². The summed E-state index contributed by atoms with van der Waals surface area (Å²) in [6.45, 7) is 0.776. The fourth-order valence-corrected chi connectivity index (χ4v) is 3.59. The summed E-state index contributed by atoms with van der Waals surface area (Å²) in [6.07, 6.45) is 2.44. The van der Waals surface area contributed by atoms with Crippen LogP contribution in [-0.2, 0) is 16.1 Å². The molecule has 0 saturated carbocycles. The average molecular weight is 428 g/mol. The first-order valence-corrected chi connectivity index (χ1v) is 10.6. The maximum atomic E-state index is 11.9. The van der Waals surface area contributed by atoms with Gasteiger partial charge in [-0.25, -0.2) is 9.48 Å². The van der Waals surface area contributed by atoms with E-state index in [1.807, 2.05) is 65.5 Å². The highest BCUT2D eigenvalue weighted by atomic mass is 16.6. The number of hydrogen-bond donors (Lipinski definition) is 0. The molecule has 32 heavy (non-hydrogen) atoms. The van der Waals surface area contributed by atoms with Gasteiger partial charge in [0.2, 0.25) is 0 Å². The molecule has 6 heteroatoms. The zero-order valence-corrected chi connectivity index (χ0v) is 17.7. The van der Waals surface area contributed by atoms with E-state index in [1.54, 1.807) is 12.1 Å². The summed E-state index contributed by atoms with van der Waals surface area (Å²) in [6, 6.07) is 29.8. The molecule has 0 saturated heterocycles. The van der Waals surface area contributed by atoms with E-state index in [0.29, 0.717) is 18.7 Å². The van der Waals surface area contributed by atoms with Crippen LogP contribution in [0.25, 0.3) is 0 Å². The van der Waals surface area contributed by atoms with Gasteiger partial charge in [-0.15, -0.1) is 5.10 Å². The molecule has 0 atom stereocenters. The molecule has 6 nitrogen and oxygen atoms in total. The second-order valence-corrected chi connectivity index (χ2v) is 7.31. The summed E-state index contributed by atoms with van der Waals surface area (Å²) >= 11 is 0. The smallest absolute Gasteiger partial charge is 0.344 e. The van der Waals surface area contributed by atoms with Gasteiger partial charge >= 0.3 is 5.97 Å². The summed E-state index contributed by atoms with van der Waals surface area (Å²) < 4.78 is 12.6. The fraction of sp³-hybridized carbons (Fsp3) is 0.192. The van der Waals surface area contributed by atoms with Gasteiger partial charge in [-0.3, -0.25) is 0 Å². The summed E-state index contributed by atoms with van der Waals surface area (Å²) in [5.41, 5.74) is 3.35. The number of rotatable bonds is 10. The van der Waals surface area contributed by atoms with Crippen molar-refractivity contribution in [1.29, 1.82) is 0 Å². The van der Waals surface area contributed by atoms with Crippen molar-refractivity contribution in [1.82, 2.24) is 15.0 Å². The van der Waals surface area contributed by atoms with E-state index in [9.17, 15) is 4.79 Å². The number of nitrogens with zero attached hydrogens (tertiary/aromatic N) is 3. The maximum absolute atomic E-state index is 11.9. The average Bonchev–Trinajstić information content (AvgIpc) is 3.31. The van der Waals surface area contributed by atoms with Crippen molar-refractivity contribution in [2.24, 2.45) is 0 Å². The van der Waals surface area contributed by atoms with Crippen molar-refractivity contribution in [3.8, 4) is 5.75 Å². The molecule has 1 heterocycles. The Hall–Kier alpha value is -3.93. The van der Waals surface area contributed by atoms with Crippen LogP contribution in [0, 0.1) is 0 Å². The van der Waals surface area contributed by atoms with Gasteiger partial charge < -0.3 is 9.47 Å². The van der Waals surface area contributed by atoms with E-state index in [1.165, 1.54) is 11.1 Å². The number of carbonyl (C=O) groups is 1.